The van der Waals surface area contributed by atoms with Gasteiger partial charge in [-0.3, -0.25) is 33.7 Å². The first-order valence-corrected chi connectivity index (χ1v) is 22.8. The summed E-state index contributed by atoms with van der Waals surface area (Å²) in [7, 11) is 1.63. The standard InChI is InChI=1S/C49H53FN10O8/c1-29-39(27-51-45-42(29)59(21-23-67-45)48(65)68-49(2,3)4)58-18-15-32-26-52-46(54-36(32)28-58)53-33-12-11-31(35(50)25-33)24-41(62)57-19-16-34(17-20-57)66-22-7-9-30-8-6-10-37-43(30)56(5)47(64)60(37)38-13-14-40(61)55-44(38)63/h6,8,10-12,25-27,34,38H,13-24,28H2,1-5H3,(H,52,53,54)(H,55,61,63). The highest BCUT2D eigenvalue weighted by Crippen LogP contribution is 2.40. The van der Waals surface area contributed by atoms with E-state index in [9.17, 15) is 24.0 Å². The zero-order valence-electron chi connectivity index (χ0n) is 38.7. The number of imide groups is 1. The van der Waals surface area contributed by atoms with Crippen molar-refractivity contribution in [3.8, 4) is 17.7 Å². The number of piperidine rings is 2. The average Bonchev–Trinajstić information content (AvgIpc) is 3.56. The summed E-state index contributed by atoms with van der Waals surface area (Å²) in [6, 6.07) is 9.19. The minimum Gasteiger partial charge on any atom is -0.474 e. The summed E-state index contributed by atoms with van der Waals surface area (Å²) in [4.78, 5) is 83.4. The van der Waals surface area contributed by atoms with Crippen LogP contribution < -0.4 is 30.9 Å². The Bertz CT molecular complexity index is 2960. The number of nitrogens with one attached hydrogen (secondary N) is 2. The van der Waals surface area contributed by atoms with Crippen LogP contribution in [0.5, 0.6) is 5.88 Å². The lowest BCUT2D eigenvalue weighted by Gasteiger charge is -2.35. The van der Waals surface area contributed by atoms with Gasteiger partial charge in [0.05, 0.1) is 59.8 Å². The van der Waals surface area contributed by atoms with E-state index in [2.05, 4.69) is 37.3 Å². The number of benzene rings is 2. The Morgan fingerprint density at radius 1 is 1.01 bits per heavy atom. The lowest BCUT2D eigenvalue weighted by Crippen LogP contribution is -2.44. The Kier molecular flexibility index (Phi) is 12.6. The van der Waals surface area contributed by atoms with Gasteiger partial charge in [0, 0.05) is 50.6 Å². The number of imidazole rings is 1. The second kappa shape index (κ2) is 18.7. The van der Waals surface area contributed by atoms with Crippen molar-refractivity contribution in [1.82, 2.24) is 34.3 Å². The molecule has 1 unspecified atom stereocenters. The summed E-state index contributed by atoms with van der Waals surface area (Å²) in [5.41, 5.74) is 5.52. The highest BCUT2D eigenvalue weighted by Gasteiger charge is 2.34. The summed E-state index contributed by atoms with van der Waals surface area (Å²) >= 11 is 0. The van der Waals surface area contributed by atoms with Crippen LogP contribution >= 0.6 is 0 Å². The van der Waals surface area contributed by atoms with Crippen LogP contribution in [0.15, 0.2) is 53.6 Å². The fourth-order valence-electron chi connectivity index (χ4n) is 9.22. The van der Waals surface area contributed by atoms with E-state index < -0.39 is 29.5 Å². The number of anilines is 4. The number of hydrogen-bond acceptors (Lipinski definition) is 13. The lowest BCUT2D eigenvalue weighted by molar-refractivity contribution is -0.136. The third-order valence-corrected chi connectivity index (χ3v) is 12.7. The summed E-state index contributed by atoms with van der Waals surface area (Å²) < 4.78 is 36.0. The molecule has 5 aromatic rings. The van der Waals surface area contributed by atoms with Crippen molar-refractivity contribution < 1.29 is 37.8 Å². The summed E-state index contributed by atoms with van der Waals surface area (Å²) in [5, 5.41) is 5.45. The molecule has 3 aromatic heterocycles. The van der Waals surface area contributed by atoms with Crippen LogP contribution in [-0.2, 0) is 50.3 Å². The Labute approximate surface area is 391 Å². The maximum absolute atomic E-state index is 15.5. The summed E-state index contributed by atoms with van der Waals surface area (Å²) in [6.07, 6.45) is 5.15. The molecule has 0 spiro atoms. The predicted molar refractivity (Wildman–Crippen MR) is 249 cm³/mol. The molecule has 19 heteroatoms. The molecule has 2 fully saturated rings. The van der Waals surface area contributed by atoms with Crippen molar-refractivity contribution in [3.63, 3.8) is 0 Å². The van der Waals surface area contributed by atoms with Crippen molar-refractivity contribution in [1.29, 1.82) is 0 Å². The predicted octanol–water partition coefficient (Wildman–Crippen LogP) is 4.99. The van der Waals surface area contributed by atoms with Crippen molar-refractivity contribution in [2.24, 2.45) is 7.05 Å². The Hall–Kier alpha value is -7.33. The molecule has 2 aromatic carbocycles. The quantitative estimate of drug-likeness (QED) is 0.156. The number of nitrogens with zero attached hydrogens (tertiary/aromatic N) is 8. The molecule has 68 heavy (non-hydrogen) atoms. The first kappa shape index (κ1) is 45.8. The van der Waals surface area contributed by atoms with Crippen molar-refractivity contribution in [2.45, 2.75) is 90.5 Å². The van der Waals surface area contributed by atoms with Crippen LogP contribution in [-0.4, -0.2) is 104 Å². The smallest absolute Gasteiger partial charge is 0.415 e. The van der Waals surface area contributed by atoms with Gasteiger partial charge in [0.25, 0.3) is 0 Å². The van der Waals surface area contributed by atoms with Gasteiger partial charge in [0.1, 0.15) is 36.4 Å². The van der Waals surface area contributed by atoms with Crippen molar-refractivity contribution in [3.05, 3.63) is 93.0 Å². The van der Waals surface area contributed by atoms with E-state index in [-0.39, 0.29) is 55.0 Å². The van der Waals surface area contributed by atoms with E-state index in [1.54, 1.807) is 59.6 Å². The Balaban J connectivity index is 0.771. The molecule has 1 atom stereocenters. The van der Waals surface area contributed by atoms with E-state index in [0.717, 1.165) is 22.5 Å². The fraction of sp³-hybridized carbons (Fsp3) is 0.429. The van der Waals surface area contributed by atoms with E-state index in [4.69, 9.17) is 19.2 Å². The molecule has 0 radical (unpaired) electrons. The molecule has 18 nitrogen and oxygen atoms in total. The molecular formula is C49H53FN10O8. The number of fused-ring (bicyclic) bond motifs is 3. The third-order valence-electron chi connectivity index (χ3n) is 12.7. The highest BCUT2D eigenvalue weighted by molar-refractivity contribution is 6.00. The minimum absolute atomic E-state index is 0.0910. The van der Waals surface area contributed by atoms with E-state index in [0.29, 0.717) is 98.4 Å². The van der Waals surface area contributed by atoms with Crippen molar-refractivity contribution >= 4 is 57.9 Å². The first-order valence-electron chi connectivity index (χ1n) is 22.8. The molecule has 2 saturated heterocycles. The van der Waals surface area contributed by atoms with Gasteiger partial charge in [-0.2, -0.15) is 0 Å². The average molecular weight is 929 g/mol. The van der Waals surface area contributed by atoms with Gasteiger partial charge in [-0.25, -0.2) is 28.9 Å². The van der Waals surface area contributed by atoms with Gasteiger partial charge in [0.15, 0.2) is 0 Å². The number of para-hydroxylation sites is 1. The molecule has 4 aliphatic rings. The molecule has 9 rings (SSSR count). The molecule has 4 amide bonds. The van der Waals surface area contributed by atoms with Crippen LogP contribution in [0.3, 0.4) is 0 Å². The molecule has 4 aliphatic heterocycles. The Morgan fingerprint density at radius 2 is 1.82 bits per heavy atom. The van der Waals surface area contributed by atoms with E-state index >= 15 is 4.39 Å². The number of likely N-dealkylation sites (tertiary alicyclic amines) is 1. The van der Waals surface area contributed by atoms with Crippen LogP contribution in [0.4, 0.5) is 32.2 Å². The van der Waals surface area contributed by atoms with Gasteiger partial charge >= 0.3 is 11.8 Å². The van der Waals surface area contributed by atoms with Gasteiger partial charge in [-0.05, 0) is 88.8 Å². The number of aromatic nitrogens is 5. The SMILES string of the molecule is Cc1c(N2CCc3cnc(Nc4ccc(CC(=O)N5CCC(OCC#Cc6cccc7c6n(C)c(=O)n7C6CCC(=O)NC6=O)CC5)c(F)c4)nc3C2)cnc2c1N(C(=O)OC(C)(C)C)CCO2. The zero-order valence-corrected chi connectivity index (χ0v) is 38.7. The van der Waals surface area contributed by atoms with E-state index in [1.165, 1.54) is 15.2 Å². The summed E-state index contributed by atoms with van der Waals surface area (Å²) in [5.74, 6) is 5.30. The van der Waals surface area contributed by atoms with Gasteiger partial charge in [0.2, 0.25) is 29.5 Å². The van der Waals surface area contributed by atoms with Crippen molar-refractivity contribution in [2.75, 3.05) is 54.5 Å². The van der Waals surface area contributed by atoms with Gasteiger partial charge < -0.3 is 29.3 Å². The highest BCUT2D eigenvalue weighted by atomic mass is 19.1. The maximum atomic E-state index is 15.5. The monoisotopic (exact) mass is 928 g/mol. The van der Waals surface area contributed by atoms with Crippen LogP contribution in [0.25, 0.3) is 11.0 Å². The summed E-state index contributed by atoms with van der Waals surface area (Å²) in [6.45, 7) is 10.3. The molecule has 0 bridgehead atoms. The van der Waals surface area contributed by atoms with Gasteiger partial charge in [-0.15, -0.1) is 0 Å². The molecule has 0 aliphatic carbocycles. The maximum Gasteiger partial charge on any atom is 0.415 e. The molecular weight excluding hydrogens is 876 g/mol. The Morgan fingerprint density at radius 3 is 2.59 bits per heavy atom. The third kappa shape index (κ3) is 9.45. The molecule has 7 heterocycles. The zero-order chi connectivity index (χ0) is 47.9. The number of amides is 4. The second-order valence-corrected chi connectivity index (χ2v) is 18.4. The molecule has 354 valence electrons. The number of carbonyl (C=O) groups excluding carboxylic acids is 4. The lowest BCUT2D eigenvalue weighted by atomic mass is 10.0. The number of halogens is 1. The number of aryl methyl sites for hydroxylation is 1. The number of carbonyl (C=O) groups is 4. The molecule has 2 N–H and O–H groups in total. The van der Waals surface area contributed by atoms with Crippen LogP contribution in [0.1, 0.15) is 80.4 Å². The van der Waals surface area contributed by atoms with Crippen LogP contribution in [0, 0.1) is 24.6 Å². The number of pyridine rings is 1. The molecule has 0 saturated carbocycles. The topological polar surface area (TPSA) is 195 Å². The number of hydrogen-bond donors (Lipinski definition) is 2. The largest absolute Gasteiger partial charge is 0.474 e. The van der Waals surface area contributed by atoms with E-state index in [1.807, 2.05) is 27.7 Å². The normalized spacial score (nSPS) is 17.4. The number of ether oxygens (including phenoxy) is 3. The minimum atomic E-state index is -0.788. The second-order valence-electron chi connectivity index (χ2n) is 18.4. The fourth-order valence-corrected chi connectivity index (χ4v) is 9.22. The first-order chi connectivity index (χ1) is 32.6. The van der Waals surface area contributed by atoms with Crippen LogP contribution in [0.2, 0.25) is 0 Å². The van der Waals surface area contributed by atoms with Gasteiger partial charge in [-0.1, -0.05) is 24.0 Å². The number of rotatable bonds is 8.